The fraction of sp³-hybridized carbons (Fsp3) is 0.421. The Morgan fingerprint density at radius 2 is 1.64 bits per heavy atom. The minimum absolute atomic E-state index is 0.260. The average molecular weight is 285 g/mol. The summed E-state index contributed by atoms with van der Waals surface area (Å²) in [5, 5.41) is -0.981. The molecule has 2 aromatic rings. The van der Waals surface area contributed by atoms with E-state index in [4.69, 9.17) is 15.7 Å². The Hall–Kier alpha value is -1.50. The van der Waals surface area contributed by atoms with E-state index in [0.29, 0.717) is 0 Å². The molecule has 1 nitrogen and oxygen atoms in total. The van der Waals surface area contributed by atoms with Crippen LogP contribution in [-0.4, -0.2) is 20.7 Å². The van der Waals surface area contributed by atoms with Gasteiger partial charge in [0.15, 0.2) is 0 Å². The van der Waals surface area contributed by atoms with E-state index in [9.17, 15) is 0 Å². The lowest BCUT2D eigenvalue weighted by Gasteiger charge is -2.47. The quantitative estimate of drug-likeness (QED) is 0.761. The summed E-state index contributed by atoms with van der Waals surface area (Å²) in [5.74, 6) is 0. The highest BCUT2D eigenvalue weighted by atomic mass is 14.7. The van der Waals surface area contributed by atoms with Gasteiger partial charge in [0, 0.05) is 11.8 Å². The van der Waals surface area contributed by atoms with Crippen LogP contribution in [0, 0.1) is 5.41 Å². The summed E-state index contributed by atoms with van der Waals surface area (Å²) in [5.41, 5.74) is 4.02. The molecule has 4 radical (unpaired) electrons. The Balaban J connectivity index is 2.36. The molecule has 0 bridgehead atoms. The van der Waals surface area contributed by atoms with Crippen molar-refractivity contribution in [3.8, 4) is 11.3 Å². The van der Waals surface area contributed by atoms with E-state index < -0.39 is 10.6 Å². The molecule has 0 saturated carbocycles. The van der Waals surface area contributed by atoms with Crippen LogP contribution in [0.1, 0.15) is 45.2 Å². The summed E-state index contributed by atoms with van der Waals surface area (Å²) >= 11 is 0. The fourth-order valence-corrected chi connectivity index (χ4v) is 3.92. The third-order valence-electron chi connectivity index (χ3n) is 5.97. The van der Waals surface area contributed by atoms with Crippen LogP contribution in [-0.2, 0) is 10.6 Å². The second-order valence-electron chi connectivity index (χ2n) is 7.10. The number of hydrogen-bond donors (Lipinski definition) is 0. The van der Waals surface area contributed by atoms with Gasteiger partial charge < -0.3 is 0 Å². The van der Waals surface area contributed by atoms with E-state index >= 15 is 0 Å². The van der Waals surface area contributed by atoms with Crippen molar-refractivity contribution in [1.82, 2.24) is 4.98 Å². The summed E-state index contributed by atoms with van der Waals surface area (Å²) in [6.07, 6.45) is 2.70. The van der Waals surface area contributed by atoms with Crippen molar-refractivity contribution >= 4 is 15.7 Å². The number of aromatic nitrogens is 1. The first-order valence-corrected chi connectivity index (χ1v) is 7.90. The van der Waals surface area contributed by atoms with Crippen molar-refractivity contribution < 1.29 is 0 Å². The van der Waals surface area contributed by atoms with Gasteiger partial charge in [-0.05, 0) is 33.2 Å². The lowest BCUT2D eigenvalue weighted by molar-refractivity contribution is 0.197. The van der Waals surface area contributed by atoms with Gasteiger partial charge in [0.05, 0.1) is 21.4 Å². The molecule has 22 heavy (non-hydrogen) atoms. The topological polar surface area (TPSA) is 12.9 Å². The van der Waals surface area contributed by atoms with Crippen LogP contribution in [0.25, 0.3) is 11.3 Å². The van der Waals surface area contributed by atoms with Crippen molar-refractivity contribution in [3.05, 3.63) is 53.7 Å². The first-order chi connectivity index (χ1) is 10.3. The monoisotopic (exact) mass is 285 g/mol. The molecule has 0 fully saturated rings. The number of rotatable bonds is 2. The van der Waals surface area contributed by atoms with Gasteiger partial charge in [0.2, 0.25) is 0 Å². The van der Waals surface area contributed by atoms with Crippen LogP contribution in [0.15, 0.2) is 42.6 Å². The number of hydrogen-bond acceptors (Lipinski definition) is 1. The van der Waals surface area contributed by atoms with E-state index in [1.165, 1.54) is 0 Å². The summed E-state index contributed by atoms with van der Waals surface area (Å²) in [4.78, 5) is 4.65. The Labute approximate surface area is 136 Å². The maximum absolute atomic E-state index is 6.86. The van der Waals surface area contributed by atoms with Crippen LogP contribution in [0.4, 0.5) is 0 Å². The highest BCUT2D eigenvalue weighted by Crippen LogP contribution is 2.61. The SMILES string of the molecule is [B]C1(C)c2c(ccnc2-c2ccccc2)C([B])(CC)C1(C)C. The molecule has 0 amide bonds. The Bertz CT molecular complexity index is 707. The molecule has 0 N–H and O–H groups in total. The van der Waals surface area contributed by atoms with Crippen LogP contribution < -0.4 is 0 Å². The Kier molecular flexibility index (Phi) is 3.32. The minimum atomic E-state index is -0.535. The highest BCUT2D eigenvalue weighted by Gasteiger charge is 2.58. The zero-order valence-corrected chi connectivity index (χ0v) is 13.9. The van der Waals surface area contributed by atoms with Gasteiger partial charge in [-0.1, -0.05) is 64.4 Å². The van der Waals surface area contributed by atoms with Gasteiger partial charge >= 0.3 is 0 Å². The molecule has 3 heteroatoms. The maximum Gasteiger partial charge on any atom is 0.0817 e. The Morgan fingerprint density at radius 3 is 2.23 bits per heavy atom. The van der Waals surface area contributed by atoms with Crippen molar-refractivity contribution in [2.24, 2.45) is 5.41 Å². The number of pyridine rings is 1. The zero-order valence-electron chi connectivity index (χ0n) is 13.9. The van der Waals surface area contributed by atoms with Crippen molar-refractivity contribution in [2.75, 3.05) is 0 Å². The summed E-state index contributed by atoms with van der Waals surface area (Å²) in [6, 6.07) is 12.3. The number of nitrogens with zero attached hydrogens (tertiary/aromatic N) is 1. The molecular formula is C19H21B2N. The van der Waals surface area contributed by atoms with Gasteiger partial charge in [0.25, 0.3) is 0 Å². The van der Waals surface area contributed by atoms with Crippen molar-refractivity contribution in [1.29, 1.82) is 0 Å². The standard InChI is InChI=1S/C19H21B2N/c1-5-19(21)14-11-12-22-16(13-9-7-6-8-10-13)15(14)18(4,20)17(19,2)3/h6-12H,5H2,1-4H3. The van der Waals surface area contributed by atoms with Crippen LogP contribution in [0.5, 0.6) is 0 Å². The summed E-state index contributed by atoms with van der Waals surface area (Å²) < 4.78 is 0. The summed E-state index contributed by atoms with van der Waals surface area (Å²) in [7, 11) is 13.7. The third kappa shape index (κ3) is 1.71. The molecule has 0 saturated heterocycles. The molecule has 2 unspecified atom stereocenters. The normalized spacial score (nSPS) is 29.3. The number of benzene rings is 1. The molecule has 3 rings (SSSR count). The van der Waals surface area contributed by atoms with Crippen LogP contribution >= 0.6 is 0 Å². The molecular weight excluding hydrogens is 264 g/mol. The lowest BCUT2D eigenvalue weighted by Crippen LogP contribution is -2.47. The van der Waals surface area contributed by atoms with Gasteiger partial charge in [-0.25, -0.2) is 0 Å². The largest absolute Gasteiger partial charge is 0.256 e. The van der Waals surface area contributed by atoms with Crippen molar-refractivity contribution in [2.45, 2.75) is 44.7 Å². The van der Waals surface area contributed by atoms with Crippen LogP contribution in [0.2, 0.25) is 0 Å². The second kappa shape index (κ2) is 4.75. The predicted octanol–water partition coefficient (Wildman–Crippen LogP) is 3.95. The second-order valence-corrected chi connectivity index (χ2v) is 7.10. The molecule has 1 aromatic heterocycles. The minimum Gasteiger partial charge on any atom is -0.256 e. The van der Waals surface area contributed by atoms with Gasteiger partial charge in [-0.15, -0.1) is 0 Å². The highest BCUT2D eigenvalue weighted by molar-refractivity contribution is 6.23. The Morgan fingerprint density at radius 1 is 1.00 bits per heavy atom. The molecule has 1 aliphatic carbocycles. The molecule has 0 aliphatic heterocycles. The first kappa shape index (κ1) is 15.4. The molecule has 0 spiro atoms. The predicted molar refractivity (Wildman–Crippen MR) is 94.3 cm³/mol. The molecule has 108 valence electrons. The van der Waals surface area contributed by atoms with Crippen molar-refractivity contribution in [3.63, 3.8) is 0 Å². The van der Waals surface area contributed by atoms with Gasteiger partial charge in [-0.2, -0.15) is 0 Å². The lowest BCUT2D eigenvalue weighted by atomic mass is 9.43. The smallest absolute Gasteiger partial charge is 0.0817 e. The number of fused-ring (bicyclic) bond motifs is 1. The first-order valence-electron chi connectivity index (χ1n) is 7.90. The zero-order chi connectivity index (χ0) is 16.2. The van der Waals surface area contributed by atoms with Crippen LogP contribution in [0.3, 0.4) is 0 Å². The van der Waals surface area contributed by atoms with Gasteiger partial charge in [-0.3, -0.25) is 4.98 Å². The molecule has 1 aliphatic rings. The average Bonchev–Trinajstić information content (AvgIpc) is 2.64. The molecule has 1 aromatic carbocycles. The fourth-order valence-electron chi connectivity index (χ4n) is 3.92. The molecule has 2 atom stereocenters. The molecule has 1 heterocycles. The third-order valence-corrected chi connectivity index (χ3v) is 5.97. The van der Waals surface area contributed by atoms with E-state index in [1.54, 1.807) is 0 Å². The van der Waals surface area contributed by atoms with E-state index in [0.717, 1.165) is 28.8 Å². The van der Waals surface area contributed by atoms with Gasteiger partial charge in [0.1, 0.15) is 0 Å². The van der Waals surface area contributed by atoms with E-state index in [1.807, 2.05) is 30.5 Å². The maximum atomic E-state index is 6.86. The van der Waals surface area contributed by atoms with E-state index in [2.05, 4.69) is 44.8 Å². The summed E-state index contributed by atoms with van der Waals surface area (Å²) in [6.45, 7) is 8.57. The van der Waals surface area contributed by atoms with E-state index in [-0.39, 0.29) is 5.41 Å².